The Balaban J connectivity index is 1.51. The minimum atomic E-state index is -0.928. The van der Waals surface area contributed by atoms with E-state index < -0.39 is 7.12 Å². The number of carbonyl (C=O) groups excluding carboxylic acids is 1. The molecule has 2 aromatic rings. The summed E-state index contributed by atoms with van der Waals surface area (Å²) < 4.78 is 6.95. The topological polar surface area (TPSA) is 89.3 Å². The molecule has 8 heteroatoms. The molecule has 0 radical (unpaired) electrons. The summed E-state index contributed by atoms with van der Waals surface area (Å²) in [7, 11) is -0.928. The molecule has 2 N–H and O–H groups in total. The van der Waals surface area contributed by atoms with Crippen molar-refractivity contribution in [3.8, 4) is 0 Å². The van der Waals surface area contributed by atoms with Crippen LogP contribution in [0.1, 0.15) is 34.6 Å². The van der Waals surface area contributed by atoms with Crippen molar-refractivity contribution < 1.29 is 14.5 Å². The zero-order chi connectivity index (χ0) is 16.0. The van der Waals surface area contributed by atoms with Crippen molar-refractivity contribution in [1.82, 2.24) is 15.0 Å². The molecule has 1 fully saturated rings. The molecular weight excluding hydrogens is 295 g/mol. The van der Waals surface area contributed by atoms with Crippen LogP contribution in [0.4, 0.5) is 5.69 Å². The zero-order valence-electron chi connectivity index (χ0n) is 12.8. The van der Waals surface area contributed by atoms with Crippen LogP contribution in [0.3, 0.4) is 0 Å². The average molecular weight is 312 g/mol. The highest BCUT2D eigenvalue weighted by Gasteiger charge is 2.28. The summed E-state index contributed by atoms with van der Waals surface area (Å²) in [5, 5.41) is 20.6. The van der Waals surface area contributed by atoms with E-state index in [1.807, 2.05) is 13.0 Å². The number of amides is 1. The maximum atomic E-state index is 12.4. The summed E-state index contributed by atoms with van der Waals surface area (Å²) in [5.41, 5.74) is 3.34. The molecule has 1 amide bonds. The standard InChI is InChI=1S/C15H17BN4O3/c1-9-14(18-19-20(9)7-10-2-3-10)15(21)17-12-5-4-11-8-23-16(22)13(11)6-12/h4-6,10,22H,2-3,7-8H2,1H3,(H,17,21). The molecule has 1 aromatic carbocycles. The molecule has 0 atom stereocenters. The summed E-state index contributed by atoms with van der Waals surface area (Å²) >= 11 is 0. The second kappa shape index (κ2) is 5.47. The van der Waals surface area contributed by atoms with Crippen molar-refractivity contribution in [3.05, 3.63) is 35.2 Å². The Kier molecular flexibility index (Phi) is 3.43. The molecule has 2 aliphatic rings. The van der Waals surface area contributed by atoms with Gasteiger partial charge in [0.15, 0.2) is 5.69 Å². The molecule has 0 bridgehead atoms. The van der Waals surface area contributed by atoms with Crippen molar-refractivity contribution in [3.63, 3.8) is 0 Å². The predicted octanol–water partition coefficient (Wildman–Crippen LogP) is 0.467. The lowest BCUT2D eigenvalue weighted by molar-refractivity contribution is 0.102. The van der Waals surface area contributed by atoms with E-state index in [1.54, 1.807) is 16.8 Å². The maximum absolute atomic E-state index is 12.4. The molecule has 1 aliphatic carbocycles. The lowest BCUT2D eigenvalue weighted by Crippen LogP contribution is -2.28. The summed E-state index contributed by atoms with van der Waals surface area (Å²) in [6.45, 7) is 3.07. The number of benzene rings is 1. The fourth-order valence-electron chi connectivity index (χ4n) is 2.77. The highest BCUT2D eigenvalue weighted by atomic mass is 16.5. The molecule has 23 heavy (non-hydrogen) atoms. The van der Waals surface area contributed by atoms with Gasteiger partial charge in [-0.25, -0.2) is 4.68 Å². The zero-order valence-corrected chi connectivity index (χ0v) is 12.8. The molecule has 0 unspecified atom stereocenters. The smallest absolute Gasteiger partial charge is 0.423 e. The molecule has 0 spiro atoms. The van der Waals surface area contributed by atoms with Crippen molar-refractivity contribution in [2.24, 2.45) is 5.92 Å². The Morgan fingerprint density at radius 1 is 1.52 bits per heavy atom. The van der Waals surface area contributed by atoms with E-state index >= 15 is 0 Å². The van der Waals surface area contributed by atoms with Gasteiger partial charge >= 0.3 is 7.12 Å². The van der Waals surface area contributed by atoms with Crippen molar-refractivity contribution in [2.75, 3.05) is 5.32 Å². The summed E-state index contributed by atoms with van der Waals surface area (Å²) in [6.07, 6.45) is 2.45. The van der Waals surface area contributed by atoms with E-state index in [4.69, 9.17) is 4.65 Å². The van der Waals surface area contributed by atoms with Gasteiger partial charge in [0.25, 0.3) is 5.91 Å². The quantitative estimate of drug-likeness (QED) is 0.801. The van der Waals surface area contributed by atoms with Gasteiger partial charge in [-0.05, 0) is 48.8 Å². The number of anilines is 1. The molecule has 1 aliphatic heterocycles. The Morgan fingerprint density at radius 3 is 3.13 bits per heavy atom. The number of nitrogens with zero attached hydrogens (tertiary/aromatic N) is 3. The van der Waals surface area contributed by atoms with Gasteiger partial charge in [-0.3, -0.25) is 4.79 Å². The van der Waals surface area contributed by atoms with E-state index in [1.165, 1.54) is 12.8 Å². The monoisotopic (exact) mass is 312 g/mol. The van der Waals surface area contributed by atoms with E-state index in [2.05, 4.69) is 15.6 Å². The molecule has 2 heterocycles. The van der Waals surface area contributed by atoms with Gasteiger partial charge in [0, 0.05) is 12.2 Å². The normalized spacial score (nSPS) is 16.5. The van der Waals surface area contributed by atoms with Crippen molar-refractivity contribution in [1.29, 1.82) is 0 Å². The van der Waals surface area contributed by atoms with Gasteiger partial charge < -0.3 is 15.0 Å². The molecule has 1 aromatic heterocycles. The Hall–Kier alpha value is -2.19. The molecule has 4 rings (SSSR count). The molecular formula is C15H17BN4O3. The van der Waals surface area contributed by atoms with Crippen LogP contribution in [0, 0.1) is 12.8 Å². The highest BCUT2D eigenvalue weighted by Crippen LogP contribution is 2.30. The number of carbonyl (C=O) groups is 1. The minimum absolute atomic E-state index is 0.294. The summed E-state index contributed by atoms with van der Waals surface area (Å²) in [5.74, 6) is 0.377. The maximum Gasteiger partial charge on any atom is 0.491 e. The SMILES string of the molecule is Cc1c(C(=O)Nc2ccc3c(c2)B(O)OC3)nnn1CC1CC1. The summed E-state index contributed by atoms with van der Waals surface area (Å²) in [6, 6.07) is 5.37. The number of fused-ring (bicyclic) bond motifs is 1. The van der Waals surface area contributed by atoms with E-state index in [9.17, 15) is 9.82 Å². The molecule has 118 valence electrons. The first-order chi connectivity index (χ1) is 11.1. The van der Waals surface area contributed by atoms with E-state index in [0.717, 1.165) is 17.8 Å². The second-order valence-electron chi connectivity index (χ2n) is 6.18. The fourth-order valence-corrected chi connectivity index (χ4v) is 2.77. The molecule has 1 saturated carbocycles. The van der Waals surface area contributed by atoms with Gasteiger partial charge in [-0.15, -0.1) is 5.10 Å². The average Bonchev–Trinajstić information content (AvgIpc) is 3.18. The number of hydrogen-bond donors (Lipinski definition) is 2. The van der Waals surface area contributed by atoms with Crippen LogP contribution < -0.4 is 10.8 Å². The predicted molar refractivity (Wildman–Crippen MR) is 84.3 cm³/mol. The van der Waals surface area contributed by atoms with Gasteiger partial charge in [0.2, 0.25) is 0 Å². The third kappa shape index (κ3) is 2.75. The highest BCUT2D eigenvalue weighted by molar-refractivity contribution is 6.61. The third-order valence-corrected chi connectivity index (χ3v) is 4.39. The van der Waals surface area contributed by atoms with Crippen molar-refractivity contribution in [2.45, 2.75) is 32.9 Å². The second-order valence-corrected chi connectivity index (χ2v) is 6.18. The largest absolute Gasteiger partial charge is 0.491 e. The van der Waals surface area contributed by atoms with Gasteiger partial charge in [-0.1, -0.05) is 11.3 Å². The third-order valence-electron chi connectivity index (χ3n) is 4.39. The summed E-state index contributed by atoms with van der Waals surface area (Å²) in [4.78, 5) is 12.4. The van der Waals surface area contributed by atoms with Crippen LogP contribution >= 0.6 is 0 Å². The van der Waals surface area contributed by atoms with Crippen LogP contribution in [-0.4, -0.2) is 33.0 Å². The van der Waals surface area contributed by atoms with Gasteiger partial charge in [0.05, 0.1) is 12.3 Å². The van der Waals surface area contributed by atoms with Crippen LogP contribution in [0.15, 0.2) is 18.2 Å². The minimum Gasteiger partial charge on any atom is -0.423 e. The van der Waals surface area contributed by atoms with E-state index in [-0.39, 0.29) is 5.91 Å². The van der Waals surface area contributed by atoms with Crippen LogP contribution in [0.5, 0.6) is 0 Å². The molecule has 0 saturated heterocycles. The first-order valence-corrected chi connectivity index (χ1v) is 7.76. The van der Waals surface area contributed by atoms with Crippen LogP contribution in [0.25, 0.3) is 0 Å². The van der Waals surface area contributed by atoms with Gasteiger partial charge in [0.1, 0.15) is 0 Å². The van der Waals surface area contributed by atoms with Crippen LogP contribution in [-0.2, 0) is 17.8 Å². The van der Waals surface area contributed by atoms with E-state index in [0.29, 0.717) is 29.4 Å². The van der Waals surface area contributed by atoms with Crippen molar-refractivity contribution >= 4 is 24.2 Å². The lowest BCUT2D eigenvalue weighted by Gasteiger charge is -2.06. The molecule has 7 nitrogen and oxygen atoms in total. The first kappa shape index (κ1) is 14.4. The Morgan fingerprint density at radius 2 is 2.35 bits per heavy atom. The number of hydrogen-bond acceptors (Lipinski definition) is 5. The fraction of sp³-hybridized carbons (Fsp3) is 0.400. The van der Waals surface area contributed by atoms with Gasteiger partial charge in [-0.2, -0.15) is 0 Å². The number of aromatic nitrogens is 3. The number of rotatable bonds is 4. The number of nitrogens with one attached hydrogen (secondary N) is 1. The Labute approximate surface area is 133 Å². The first-order valence-electron chi connectivity index (χ1n) is 7.76. The lowest BCUT2D eigenvalue weighted by atomic mass is 9.79. The Bertz CT molecular complexity index is 772. The van der Waals surface area contributed by atoms with Crippen LogP contribution in [0.2, 0.25) is 0 Å².